The summed E-state index contributed by atoms with van der Waals surface area (Å²) >= 11 is 0. The summed E-state index contributed by atoms with van der Waals surface area (Å²) in [4.78, 5) is 26.8. The molecular weight excluding hydrogens is 422 g/mol. The van der Waals surface area contributed by atoms with Crippen molar-refractivity contribution in [3.05, 3.63) is 76.0 Å². The molecular formula is C25H29N3O5. The molecule has 2 aromatic carbocycles. The molecule has 0 bridgehead atoms. The lowest BCUT2D eigenvalue weighted by Crippen LogP contribution is -2.31. The molecule has 1 aliphatic rings. The highest BCUT2D eigenvalue weighted by molar-refractivity contribution is 5.79. The summed E-state index contributed by atoms with van der Waals surface area (Å²) in [7, 11) is 0. The number of rotatable bonds is 11. The topological polar surface area (TPSA) is 106 Å². The van der Waals surface area contributed by atoms with Crippen LogP contribution in [-0.4, -0.2) is 28.8 Å². The van der Waals surface area contributed by atoms with E-state index in [0.29, 0.717) is 11.7 Å². The molecule has 1 amide bonds. The SMILES string of the molecule is CC(C)Oc1ccc(C(Cc2noc(=O)[nH]2)NC(=O)Cc2cccc(OCC3CC3)c2)cc1. The van der Waals surface area contributed by atoms with Crippen LogP contribution in [0.25, 0.3) is 0 Å². The third kappa shape index (κ3) is 6.97. The van der Waals surface area contributed by atoms with E-state index in [1.165, 1.54) is 12.8 Å². The summed E-state index contributed by atoms with van der Waals surface area (Å²) in [5, 5.41) is 6.80. The summed E-state index contributed by atoms with van der Waals surface area (Å²) in [6.45, 7) is 4.65. The summed E-state index contributed by atoms with van der Waals surface area (Å²) < 4.78 is 16.1. The van der Waals surface area contributed by atoms with Crippen LogP contribution in [0, 0.1) is 5.92 Å². The minimum absolute atomic E-state index is 0.0653. The van der Waals surface area contributed by atoms with Crippen molar-refractivity contribution in [3.63, 3.8) is 0 Å². The van der Waals surface area contributed by atoms with E-state index >= 15 is 0 Å². The van der Waals surface area contributed by atoms with Gasteiger partial charge in [-0.15, -0.1) is 0 Å². The highest BCUT2D eigenvalue weighted by Gasteiger charge is 2.22. The molecule has 8 heteroatoms. The first kappa shape index (κ1) is 22.6. The van der Waals surface area contributed by atoms with Gasteiger partial charge in [-0.25, -0.2) is 4.79 Å². The van der Waals surface area contributed by atoms with Crippen molar-refractivity contribution in [2.75, 3.05) is 6.61 Å². The fourth-order valence-electron chi connectivity index (χ4n) is 3.52. The minimum atomic E-state index is -0.626. The molecule has 1 heterocycles. The minimum Gasteiger partial charge on any atom is -0.493 e. The maximum Gasteiger partial charge on any atom is 0.438 e. The number of H-pyrrole nitrogens is 1. The quantitative estimate of drug-likeness (QED) is 0.462. The van der Waals surface area contributed by atoms with Gasteiger partial charge in [0.05, 0.1) is 25.2 Å². The van der Waals surface area contributed by atoms with Crippen LogP contribution in [0.5, 0.6) is 11.5 Å². The molecule has 33 heavy (non-hydrogen) atoms. The van der Waals surface area contributed by atoms with Gasteiger partial charge in [0.2, 0.25) is 5.91 Å². The first-order chi connectivity index (χ1) is 15.9. The molecule has 0 radical (unpaired) electrons. The molecule has 3 aromatic rings. The van der Waals surface area contributed by atoms with Crippen LogP contribution in [0.4, 0.5) is 0 Å². The fourth-order valence-corrected chi connectivity index (χ4v) is 3.52. The van der Waals surface area contributed by atoms with Crippen molar-refractivity contribution in [1.29, 1.82) is 0 Å². The Balaban J connectivity index is 1.44. The van der Waals surface area contributed by atoms with Crippen molar-refractivity contribution < 1.29 is 18.8 Å². The van der Waals surface area contributed by atoms with Crippen LogP contribution >= 0.6 is 0 Å². The lowest BCUT2D eigenvalue weighted by atomic mass is 10.0. The Hall–Kier alpha value is -3.55. The average Bonchev–Trinajstić information content (AvgIpc) is 3.52. The zero-order chi connectivity index (χ0) is 23.2. The summed E-state index contributed by atoms with van der Waals surface area (Å²) in [6.07, 6.45) is 3.01. The average molecular weight is 452 g/mol. The predicted octanol–water partition coefficient (Wildman–Crippen LogP) is 3.58. The van der Waals surface area contributed by atoms with Crippen molar-refractivity contribution in [1.82, 2.24) is 15.5 Å². The number of hydrogen-bond donors (Lipinski definition) is 2. The standard InChI is InChI=1S/C25H29N3O5/c1-16(2)32-20-10-8-19(9-11-20)22(14-23-27-25(30)33-28-23)26-24(29)13-18-4-3-5-21(12-18)31-15-17-6-7-17/h3-5,8-12,16-17,22H,6-7,13-15H2,1-2H3,(H,26,29)(H,27,28,30). The van der Waals surface area contributed by atoms with Gasteiger partial charge >= 0.3 is 5.76 Å². The number of hydrogen-bond acceptors (Lipinski definition) is 6. The Bertz CT molecular complexity index is 1120. The van der Waals surface area contributed by atoms with Crippen LogP contribution < -0.4 is 20.5 Å². The van der Waals surface area contributed by atoms with E-state index in [1.807, 2.05) is 62.4 Å². The third-order valence-electron chi connectivity index (χ3n) is 5.32. The lowest BCUT2D eigenvalue weighted by molar-refractivity contribution is -0.121. The number of nitrogens with zero attached hydrogens (tertiary/aromatic N) is 1. The number of amides is 1. The zero-order valence-corrected chi connectivity index (χ0v) is 18.9. The Morgan fingerprint density at radius 3 is 2.64 bits per heavy atom. The first-order valence-corrected chi connectivity index (χ1v) is 11.3. The highest BCUT2D eigenvalue weighted by atomic mass is 16.5. The second-order valence-corrected chi connectivity index (χ2v) is 8.68. The Morgan fingerprint density at radius 1 is 1.18 bits per heavy atom. The van der Waals surface area contributed by atoms with Gasteiger partial charge in [0, 0.05) is 6.42 Å². The van der Waals surface area contributed by atoms with Gasteiger partial charge in [-0.05, 0) is 68.0 Å². The van der Waals surface area contributed by atoms with Crippen LogP contribution in [0.3, 0.4) is 0 Å². The molecule has 174 valence electrons. The highest BCUT2D eigenvalue weighted by Crippen LogP contribution is 2.29. The molecule has 1 atom stereocenters. The van der Waals surface area contributed by atoms with Crippen molar-refractivity contribution in [3.8, 4) is 11.5 Å². The Kier molecular flexibility index (Phi) is 7.12. The summed E-state index contributed by atoms with van der Waals surface area (Å²) in [6, 6.07) is 14.7. The van der Waals surface area contributed by atoms with E-state index in [1.54, 1.807) is 0 Å². The van der Waals surface area contributed by atoms with Gasteiger partial charge < -0.3 is 14.8 Å². The first-order valence-electron chi connectivity index (χ1n) is 11.3. The van der Waals surface area contributed by atoms with Gasteiger partial charge in [-0.1, -0.05) is 29.4 Å². The van der Waals surface area contributed by atoms with Crippen molar-refractivity contribution >= 4 is 5.91 Å². The van der Waals surface area contributed by atoms with E-state index in [9.17, 15) is 9.59 Å². The number of benzene rings is 2. The number of ether oxygens (including phenoxy) is 2. The second kappa shape index (κ2) is 10.4. The molecule has 1 saturated carbocycles. The molecule has 0 aliphatic heterocycles. The summed E-state index contributed by atoms with van der Waals surface area (Å²) in [5.74, 6) is 1.79. The van der Waals surface area contributed by atoms with Crippen molar-refractivity contribution in [2.45, 2.75) is 51.7 Å². The number of aromatic nitrogens is 2. The predicted molar refractivity (Wildman–Crippen MR) is 122 cm³/mol. The lowest BCUT2D eigenvalue weighted by Gasteiger charge is -2.19. The van der Waals surface area contributed by atoms with E-state index in [-0.39, 0.29) is 24.9 Å². The molecule has 8 nitrogen and oxygen atoms in total. The monoisotopic (exact) mass is 451 g/mol. The van der Waals surface area contributed by atoms with Gasteiger partial charge in [0.25, 0.3) is 0 Å². The molecule has 1 fully saturated rings. The van der Waals surface area contributed by atoms with Crippen LogP contribution in [0.15, 0.2) is 57.8 Å². The van der Waals surface area contributed by atoms with Crippen molar-refractivity contribution in [2.24, 2.45) is 5.92 Å². The molecule has 4 rings (SSSR count). The van der Waals surface area contributed by atoms with Crippen LogP contribution in [0.2, 0.25) is 0 Å². The van der Waals surface area contributed by atoms with Crippen LogP contribution in [-0.2, 0) is 17.6 Å². The van der Waals surface area contributed by atoms with E-state index in [2.05, 4.69) is 20.0 Å². The molecule has 0 saturated heterocycles. The normalized spacial score (nSPS) is 14.2. The number of carbonyl (C=O) groups is 1. The van der Waals surface area contributed by atoms with E-state index < -0.39 is 11.8 Å². The van der Waals surface area contributed by atoms with E-state index in [4.69, 9.17) is 9.47 Å². The van der Waals surface area contributed by atoms with Gasteiger partial charge in [-0.3, -0.25) is 14.3 Å². The summed E-state index contributed by atoms with van der Waals surface area (Å²) in [5.41, 5.74) is 1.74. The number of aromatic amines is 1. The maximum atomic E-state index is 12.9. The smallest absolute Gasteiger partial charge is 0.438 e. The van der Waals surface area contributed by atoms with Crippen LogP contribution in [0.1, 0.15) is 49.7 Å². The van der Waals surface area contributed by atoms with E-state index in [0.717, 1.165) is 29.2 Å². The molecule has 1 aromatic heterocycles. The fraction of sp³-hybridized carbons (Fsp3) is 0.400. The second-order valence-electron chi connectivity index (χ2n) is 8.68. The van der Waals surface area contributed by atoms with Gasteiger partial charge in [0.1, 0.15) is 11.5 Å². The van der Waals surface area contributed by atoms with Gasteiger partial charge in [-0.2, -0.15) is 0 Å². The molecule has 0 spiro atoms. The zero-order valence-electron chi connectivity index (χ0n) is 18.9. The largest absolute Gasteiger partial charge is 0.493 e. The molecule has 1 unspecified atom stereocenters. The molecule has 2 N–H and O–H groups in total. The number of nitrogens with one attached hydrogen (secondary N) is 2. The number of carbonyl (C=O) groups excluding carboxylic acids is 1. The van der Waals surface area contributed by atoms with Gasteiger partial charge in [0.15, 0.2) is 5.82 Å². The molecule has 1 aliphatic carbocycles. The maximum absolute atomic E-state index is 12.9. The third-order valence-corrected chi connectivity index (χ3v) is 5.32. The Labute approximate surface area is 192 Å². The Morgan fingerprint density at radius 2 is 1.97 bits per heavy atom.